The first-order valence-electron chi connectivity index (χ1n) is 19.6. The molecule has 0 heterocycles. The summed E-state index contributed by atoms with van der Waals surface area (Å²) in [6.07, 6.45) is 0. The molecule has 14 heteroatoms. The van der Waals surface area contributed by atoms with E-state index in [4.69, 9.17) is 9.47 Å². The summed E-state index contributed by atoms with van der Waals surface area (Å²) in [5.74, 6) is 1.65. The van der Waals surface area contributed by atoms with Crippen molar-refractivity contribution in [2.45, 2.75) is 27.7 Å². The lowest BCUT2D eigenvalue weighted by Crippen LogP contribution is -2.40. The molecule has 0 aliphatic heterocycles. The summed E-state index contributed by atoms with van der Waals surface area (Å²) < 4.78 is 10.4. The highest BCUT2D eigenvalue weighted by Crippen LogP contribution is 2.20. The van der Waals surface area contributed by atoms with Gasteiger partial charge in [-0.15, -0.1) is 0 Å². The molecule has 0 radical (unpaired) electrons. The Morgan fingerprint density at radius 3 is 1.00 bits per heavy atom. The number of anilines is 4. The predicted molar refractivity (Wildman–Crippen MR) is 238 cm³/mol. The second-order valence-corrected chi connectivity index (χ2v) is 13.0. The maximum atomic E-state index is 13.3. The molecule has 0 unspecified atom stereocenters. The quantitative estimate of drug-likeness (QED) is 0.0646. The molecule has 0 spiro atoms. The average molecular weight is 811 g/mol. The van der Waals surface area contributed by atoms with Gasteiger partial charge >= 0.3 is 12.1 Å². The number of urea groups is 2. The number of amides is 6. The molecule has 0 aliphatic carbocycles. The van der Waals surface area contributed by atoms with Gasteiger partial charge in [-0.05, 0) is 149 Å². The molecule has 0 aliphatic rings. The zero-order valence-corrected chi connectivity index (χ0v) is 34.6. The third-order valence-electron chi connectivity index (χ3n) is 9.14. The largest absolute Gasteiger partial charge is 0.497 e. The lowest BCUT2D eigenvalue weighted by atomic mass is 10.1. The van der Waals surface area contributed by atoms with Crippen molar-refractivity contribution in [2.24, 2.45) is 9.98 Å². The first kappa shape index (κ1) is 43.6. The van der Waals surface area contributed by atoms with Crippen LogP contribution in [0.25, 0.3) is 0 Å². The monoisotopic (exact) mass is 810 g/mol. The molecule has 5 aromatic rings. The van der Waals surface area contributed by atoms with Crippen molar-refractivity contribution in [3.63, 3.8) is 0 Å². The number of carbonyl (C=O) groups is 4. The molecule has 0 saturated carbocycles. The number of methoxy groups -OCH3 is 2. The Labute approximate surface area is 350 Å². The Balaban J connectivity index is 1.18. The summed E-state index contributed by atoms with van der Waals surface area (Å²) in [6, 6.07) is 34.0. The number of nitrogens with zero attached hydrogens (tertiary/aromatic N) is 4. The molecule has 5 rings (SSSR count). The van der Waals surface area contributed by atoms with Crippen molar-refractivity contribution in [3.05, 3.63) is 144 Å². The topological polar surface area (TPSA) is 166 Å². The van der Waals surface area contributed by atoms with Crippen molar-refractivity contribution in [1.29, 1.82) is 0 Å². The van der Waals surface area contributed by atoms with Crippen LogP contribution < -0.4 is 30.7 Å². The van der Waals surface area contributed by atoms with Crippen molar-refractivity contribution in [2.75, 3.05) is 61.7 Å². The summed E-state index contributed by atoms with van der Waals surface area (Å²) in [7, 11) is 3.16. The van der Waals surface area contributed by atoms with Crippen LogP contribution >= 0.6 is 0 Å². The maximum Gasteiger partial charge on any atom is 0.327 e. The average Bonchev–Trinajstić information content (AvgIpc) is 3.27. The molecule has 14 nitrogen and oxygen atoms in total. The van der Waals surface area contributed by atoms with Gasteiger partial charge in [0.25, 0.3) is 11.8 Å². The molecule has 0 bridgehead atoms. The molecule has 5 aromatic carbocycles. The second kappa shape index (κ2) is 21.3. The van der Waals surface area contributed by atoms with Gasteiger partial charge in [0, 0.05) is 71.2 Å². The number of amidine groups is 2. The summed E-state index contributed by atoms with van der Waals surface area (Å²) in [6.45, 7) is 9.20. The SMILES string of the molecule is CCN=C(c1ccc(NC(=O)c2ccc(C(=O)Nc3ccc(C(=NCC)N(CC)C(=O)Nc4ccc(OC)cc4)cc3)cc2)cc1)N(CC)C(=O)Nc1ccc(OC)cc1. The highest BCUT2D eigenvalue weighted by atomic mass is 16.5. The van der Waals surface area contributed by atoms with Crippen molar-refractivity contribution in [1.82, 2.24) is 9.80 Å². The minimum Gasteiger partial charge on any atom is -0.497 e. The van der Waals surface area contributed by atoms with E-state index in [1.54, 1.807) is 145 Å². The Hall–Kier alpha value is -7.48. The molecule has 0 fully saturated rings. The van der Waals surface area contributed by atoms with E-state index in [0.717, 1.165) is 0 Å². The van der Waals surface area contributed by atoms with E-state index in [1.165, 1.54) is 0 Å². The maximum absolute atomic E-state index is 13.3. The molecule has 0 aromatic heterocycles. The molecular formula is C46H50N8O6. The van der Waals surface area contributed by atoms with E-state index in [9.17, 15) is 19.2 Å². The van der Waals surface area contributed by atoms with Gasteiger partial charge in [0.1, 0.15) is 23.2 Å². The van der Waals surface area contributed by atoms with Gasteiger partial charge in [0.15, 0.2) is 0 Å². The number of hydrogen-bond donors (Lipinski definition) is 4. The Kier molecular flexibility index (Phi) is 15.5. The number of ether oxygens (including phenoxy) is 2. The van der Waals surface area contributed by atoms with Crippen LogP contribution in [0, 0.1) is 0 Å². The lowest BCUT2D eigenvalue weighted by Gasteiger charge is -2.24. The first-order valence-corrected chi connectivity index (χ1v) is 19.6. The molecule has 4 N–H and O–H groups in total. The number of rotatable bonds is 14. The van der Waals surface area contributed by atoms with Crippen molar-refractivity contribution in [3.8, 4) is 11.5 Å². The van der Waals surface area contributed by atoms with E-state index in [-0.39, 0.29) is 23.9 Å². The number of nitrogens with one attached hydrogen (secondary N) is 4. The number of carbonyl (C=O) groups excluding carboxylic acids is 4. The summed E-state index contributed by atoms with van der Waals surface area (Å²) in [5.41, 5.74) is 4.46. The minimum atomic E-state index is -0.356. The van der Waals surface area contributed by atoms with Crippen LogP contribution in [-0.4, -0.2) is 85.7 Å². The van der Waals surface area contributed by atoms with E-state index >= 15 is 0 Å². The summed E-state index contributed by atoms with van der Waals surface area (Å²) in [5, 5.41) is 11.6. The van der Waals surface area contributed by atoms with Crippen LogP contribution in [0.1, 0.15) is 59.5 Å². The molecule has 6 amide bonds. The highest BCUT2D eigenvalue weighted by molar-refractivity contribution is 6.12. The van der Waals surface area contributed by atoms with Crippen LogP contribution in [0.5, 0.6) is 11.5 Å². The fourth-order valence-electron chi connectivity index (χ4n) is 6.06. The summed E-state index contributed by atoms with van der Waals surface area (Å²) in [4.78, 5) is 65.2. The van der Waals surface area contributed by atoms with Crippen LogP contribution in [-0.2, 0) is 0 Å². The van der Waals surface area contributed by atoms with Crippen LogP contribution in [0.2, 0.25) is 0 Å². The normalized spacial score (nSPS) is 11.2. The zero-order chi connectivity index (χ0) is 43.0. The second-order valence-electron chi connectivity index (χ2n) is 13.0. The van der Waals surface area contributed by atoms with E-state index in [1.807, 2.05) is 27.7 Å². The van der Waals surface area contributed by atoms with Gasteiger partial charge in [0.05, 0.1) is 14.2 Å². The van der Waals surface area contributed by atoms with Gasteiger partial charge in [-0.25, -0.2) is 9.59 Å². The summed E-state index contributed by atoms with van der Waals surface area (Å²) >= 11 is 0. The standard InChI is InChI=1S/C46H50N8O6/c1-7-47-41(53(9-3)45(57)51-37-23-27-39(59-5)28-24-37)31-15-19-35(20-16-31)49-43(55)33-11-13-34(14-12-33)44(56)50-36-21-17-32(18-22-36)42(48-8-2)54(10-4)46(58)52-38-25-29-40(60-6)30-26-38/h11-30H,7-10H2,1-6H3,(H,49,55)(H,50,56)(H,51,57)(H,52,58). The number of benzene rings is 5. The van der Waals surface area contributed by atoms with Crippen LogP contribution in [0.3, 0.4) is 0 Å². The first-order chi connectivity index (χ1) is 29.1. The fraction of sp³-hybridized carbons (Fsp3) is 0.217. The number of hydrogen-bond acceptors (Lipinski definition) is 8. The van der Waals surface area contributed by atoms with Gasteiger partial charge in [-0.2, -0.15) is 0 Å². The van der Waals surface area contributed by atoms with E-state index in [0.29, 0.717) is 94.4 Å². The molecule has 0 atom stereocenters. The molecule has 310 valence electrons. The molecule has 60 heavy (non-hydrogen) atoms. The van der Waals surface area contributed by atoms with Gasteiger partial charge in [-0.3, -0.25) is 29.4 Å². The Morgan fingerprint density at radius 2 is 0.717 bits per heavy atom. The Morgan fingerprint density at radius 1 is 0.433 bits per heavy atom. The third-order valence-corrected chi connectivity index (χ3v) is 9.14. The molecule has 0 saturated heterocycles. The van der Waals surface area contributed by atoms with Crippen molar-refractivity contribution < 1.29 is 28.7 Å². The van der Waals surface area contributed by atoms with Crippen LogP contribution in [0.4, 0.5) is 32.3 Å². The van der Waals surface area contributed by atoms with Crippen LogP contribution in [0.15, 0.2) is 131 Å². The van der Waals surface area contributed by atoms with Gasteiger partial charge in [0.2, 0.25) is 0 Å². The number of aliphatic imine (C=N–C) groups is 2. The van der Waals surface area contributed by atoms with Gasteiger partial charge < -0.3 is 30.7 Å². The lowest BCUT2D eigenvalue weighted by molar-refractivity contribution is 0.101. The third kappa shape index (κ3) is 11.3. The smallest absolute Gasteiger partial charge is 0.327 e. The fourth-order valence-corrected chi connectivity index (χ4v) is 6.06. The predicted octanol–water partition coefficient (Wildman–Crippen LogP) is 8.85. The van der Waals surface area contributed by atoms with Gasteiger partial charge in [-0.1, -0.05) is 0 Å². The van der Waals surface area contributed by atoms with E-state index in [2.05, 4.69) is 31.3 Å². The molecular weight excluding hydrogens is 761 g/mol. The van der Waals surface area contributed by atoms with E-state index < -0.39 is 0 Å². The Bertz CT molecular complexity index is 2130. The zero-order valence-electron chi connectivity index (χ0n) is 34.6. The minimum absolute atomic E-state index is 0.332. The highest BCUT2D eigenvalue weighted by Gasteiger charge is 2.22. The van der Waals surface area contributed by atoms with Crippen molar-refractivity contribution >= 4 is 58.3 Å².